The number of carbonyl (C=O) groups is 1. The van der Waals surface area contributed by atoms with Gasteiger partial charge in [-0.2, -0.15) is 0 Å². The lowest BCUT2D eigenvalue weighted by molar-refractivity contribution is 0.0584. The van der Waals surface area contributed by atoms with Gasteiger partial charge in [0.1, 0.15) is 0 Å². The Morgan fingerprint density at radius 2 is 1.78 bits per heavy atom. The van der Waals surface area contributed by atoms with Crippen molar-refractivity contribution in [2.75, 3.05) is 26.9 Å². The summed E-state index contributed by atoms with van der Waals surface area (Å²) in [7, 11) is 1.30. The monoisotopic (exact) mass is 260 g/mol. The number of ether oxygens (including phenoxy) is 3. The summed E-state index contributed by atoms with van der Waals surface area (Å²) in [5.74, 6) is 0.849. The standard InChI is InChI=1S/C14H28O4/c1-4-13(2)9-6-5-7-10-17-11-8-12-18-14(15)16-3/h13H,4-12H2,1-3H3. The number of unbranched alkanes of at least 4 members (excludes halogenated alkanes) is 2. The highest BCUT2D eigenvalue weighted by Crippen LogP contribution is 2.12. The van der Waals surface area contributed by atoms with E-state index in [1.54, 1.807) is 0 Å². The molecule has 4 heteroatoms. The van der Waals surface area contributed by atoms with Crippen LogP contribution in [0.5, 0.6) is 0 Å². The molecule has 0 aliphatic heterocycles. The highest BCUT2D eigenvalue weighted by molar-refractivity contribution is 5.59. The lowest BCUT2D eigenvalue weighted by atomic mass is 10.0. The summed E-state index contributed by atoms with van der Waals surface area (Å²) in [6, 6.07) is 0. The van der Waals surface area contributed by atoms with Gasteiger partial charge in [-0.3, -0.25) is 0 Å². The molecule has 0 rings (SSSR count). The first-order valence-corrected chi connectivity index (χ1v) is 6.99. The van der Waals surface area contributed by atoms with Crippen molar-refractivity contribution in [2.24, 2.45) is 5.92 Å². The van der Waals surface area contributed by atoms with E-state index in [1.165, 1.54) is 32.8 Å². The number of hydrogen-bond donors (Lipinski definition) is 0. The Morgan fingerprint density at radius 1 is 1.06 bits per heavy atom. The molecule has 4 nitrogen and oxygen atoms in total. The molecule has 0 radical (unpaired) electrons. The fourth-order valence-electron chi connectivity index (χ4n) is 1.56. The molecule has 108 valence electrons. The van der Waals surface area contributed by atoms with Gasteiger partial charge in [-0.05, 0) is 12.3 Å². The molecule has 0 aromatic carbocycles. The van der Waals surface area contributed by atoms with E-state index in [-0.39, 0.29) is 0 Å². The van der Waals surface area contributed by atoms with Gasteiger partial charge in [0.15, 0.2) is 0 Å². The van der Waals surface area contributed by atoms with E-state index in [0.717, 1.165) is 25.4 Å². The maximum absolute atomic E-state index is 10.6. The van der Waals surface area contributed by atoms with E-state index in [4.69, 9.17) is 9.47 Å². The van der Waals surface area contributed by atoms with Gasteiger partial charge in [0.25, 0.3) is 0 Å². The maximum atomic E-state index is 10.6. The van der Waals surface area contributed by atoms with Crippen LogP contribution in [0, 0.1) is 5.92 Å². The Kier molecular flexibility index (Phi) is 12.1. The van der Waals surface area contributed by atoms with Crippen LogP contribution in [-0.2, 0) is 14.2 Å². The summed E-state index contributed by atoms with van der Waals surface area (Å²) in [4.78, 5) is 10.6. The zero-order chi connectivity index (χ0) is 13.6. The Labute approximate surface area is 111 Å². The first-order chi connectivity index (χ1) is 8.70. The van der Waals surface area contributed by atoms with Gasteiger partial charge in [0.05, 0.1) is 13.7 Å². The zero-order valence-corrected chi connectivity index (χ0v) is 12.1. The van der Waals surface area contributed by atoms with Crippen molar-refractivity contribution in [3.05, 3.63) is 0 Å². The quantitative estimate of drug-likeness (QED) is 0.419. The highest BCUT2D eigenvalue weighted by Gasteiger charge is 2.00. The molecule has 0 saturated heterocycles. The average molecular weight is 260 g/mol. The number of hydrogen-bond acceptors (Lipinski definition) is 4. The highest BCUT2D eigenvalue weighted by atomic mass is 16.7. The summed E-state index contributed by atoms with van der Waals surface area (Å²) in [6.45, 7) is 6.35. The van der Waals surface area contributed by atoms with Gasteiger partial charge >= 0.3 is 6.16 Å². The van der Waals surface area contributed by atoms with Crippen LogP contribution in [0.15, 0.2) is 0 Å². The van der Waals surface area contributed by atoms with E-state index < -0.39 is 6.16 Å². The zero-order valence-electron chi connectivity index (χ0n) is 12.1. The van der Waals surface area contributed by atoms with Crippen molar-refractivity contribution in [3.63, 3.8) is 0 Å². The molecule has 0 aromatic rings. The van der Waals surface area contributed by atoms with Crippen LogP contribution in [-0.4, -0.2) is 33.1 Å². The van der Waals surface area contributed by atoms with Crippen molar-refractivity contribution >= 4 is 6.16 Å². The lowest BCUT2D eigenvalue weighted by Crippen LogP contribution is -2.08. The third-order valence-electron chi connectivity index (χ3n) is 3.00. The minimum atomic E-state index is -0.625. The van der Waals surface area contributed by atoms with E-state index >= 15 is 0 Å². The summed E-state index contributed by atoms with van der Waals surface area (Å²) in [5.41, 5.74) is 0. The van der Waals surface area contributed by atoms with Gasteiger partial charge in [-0.15, -0.1) is 0 Å². The van der Waals surface area contributed by atoms with Crippen LogP contribution in [0.4, 0.5) is 4.79 Å². The second-order valence-electron chi connectivity index (χ2n) is 4.63. The topological polar surface area (TPSA) is 44.8 Å². The van der Waals surface area contributed by atoms with Gasteiger partial charge < -0.3 is 14.2 Å². The molecule has 1 unspecified atom stereocenters. The second kappa shape index (κ2) is 12.7. The van der Waals surface area contributed by atoms with Crippen LogP contribution in [0.3, 0.4) is 0 Å². The summed E-state index contributed by atoms with van der Waals surface area (Å²) in [6.07, 6.45) is 6.35. The van der Waals surface area contributed by atoms with E-state index in [1.807, 2.05) is 0 Å². The fraction of sp³-hybridized carbons (Fsp3) is 0.929. The molecule has 0 heterocycles. The van der Waals surface area contributed by atoms with Gasteiger partial charge in [-0.1, -0.05) is 39.5 Å². The molecule has 0 saturated carbocycles. The van der Waals surface area contributed by atoms with Crippen molar-refractivity contribution < 1.29 is 19.0 Å². The normalized spacial score (nSPS) is 12.2. The summed E-state index contributed by atoms with van der Waals surface area (Å²) < 4.78 is 14.5. The molecule has 0 aliphatic carbocycles. The van der Waals surface area contributed by atoms with Crippen LogP contribution in [0.25, 0.3) is 0 Å². The molecular formula is C14H28O4. The number of carbonyl (C=O) groups excluding carboxylic acids is 1. The fourth-order valence-corrected chi connectivity index (χ4v) is 1.56. The molecule has 0 N–H and O–H groups in total. The maximum Gasteiger partial charge on any atom is 0.507 e. The molecule has 0 aliphatic rings. The van der Waals surface area contributed by atoms with Gasteiger partial charge in [0, 0.05) is 19.6 Å². The number of rotatable bonds is 11. The molecule has 18 heavy (non-hydrogen) atoms. The molecular weight excluding hydrogens is 232 g/mol. The SMILES string of the molecule is CCC(C)CCCCCOCCCOC(=O)OC. The van der Waals surface area contributed by atoms with Crippen LogP contribution < -0.4 is 0 Å². The smallest absolute Gasteiger partial charge is 0.438 e. The predicted molar refractivity (Wildman–Crippen MR) is 71.7 cm³/mol. The predicted octanol–water partition coefficient (Wildman–Crippen LogP) is 3.78. The Balaban J connectivity index is 3.05. The third kappa shape index (κ3) is 11.7. The molecule has 0 bridgehead atoms. The van der Waals surface area contributed by atoms with Gasteiger partial charge in [0.2, 0.25) is 0 Å². The largest absolute Gasteiger partial charge is 0.507 e. The molecule has 0 amide bonds. The Morgan fingerprint density at radius 3 is 2.44 bits per heavy atom. The average Bonchev–Trinajstić information content (AvgIpc) is 2.40. The third-order valence-corrected chi connectivity index (χ3v) is 3.00. The van der Waals surface area contributed by atoms with Crippen LogP contribution >= 0.6 is 0 Å². The molecule has 0 spiro atoms. The van der Waals surface area contributed by atoms with Crippen molar-refractivity contribution in [3.8, 4) is 0 Å². The van der Waals surface area contributed by atoms with Crippen molar-refractivity contribution in [1.82, 2.24) is 0 Å². The van der Waals surface area contributed by atoms with Crippen molar-refractivity contribution in [1.29, 1.82) is 0 Å². The Hall–Kier alpha value is -0.770. The first-order valence-electron chi connectivity index (χ1n) is 6.99. The van der Waals surface area contributed by atoms with Crippen LogP contribution in [0.1, 0.15) is 52.4 Å². The van der Waals surface area contributed by atoms with E-state index in [0.29, 0.717) is 13.2 Å². The second-order valence-corrected chi connectivity index (χ2v) is 4.63. The van der Waals surface area contributed by atoms with Crippen molar-refractivity contribution in [2.45, 2.75) is 52.4 Å². The van der Waals surface area contributed by atoms with E-state index in [2.05, 4.69) is 18.6 Å². The Bertz CT molecular complexity index is 194. The summed E-state index contributed by atoms with van der Waals surface area (Å²) in [5, 5.41) is 0. The number of methoxy groups -OCH3 is 1. The minimum Gasteiger partial charge on any atom is -0.438 e. The van der Waals surface area contributed by atoms with Gasteiger partial charge in [-0.25, -0.2) is 4.79 Å². The lowest BCUT2D eigenvalue weighted by Gasteiger charge is -2.08. The van der Waals surface area contributed by atoms with Crippen LogP contribution in [0.2, 0.25) is 0 Å². The first kappa shape index (κ1) is 17.2. The molecule has 0 aromatic heterocycles. The minimum absolute atomic E-state index is 0.362. The molecule has 1 atom stereocenters. The molecule has 0 fully saturated rings. The van der Waals surface area contributed by atoms with E-state index in [9.17, 15) is 4.79 Å². The summed E-state index contributed by atoms with van der Waals surface area (Å²) >= 11 is 0.